The molecule has 0 fully saturated rings. The summed E-state index contributed by atoms with van der Waals surface area (Å²) < 4.78 is 61.1. The Hall–Kier alpha value is -1.17. The molecule has 1 aromatic carbocycles. The zero-order valence-electron chi connectivity index (χ0n) is 7.30. The van der Waals surface area contributed by atoms with E-state index in [-0.39, 0.29) is 0 Å². The van der Waals surface area contributed by atoms with Gasteiger partial charge in [-0.15, -0.1) is 0 Å². The van der Waals surface area contributed by atoms with E-state index >= 15 is 0 Å². The summed E-state index contributed by atoms with van der Waals surface area (Å²) in [7, 11) is 0. The molecule has 0 heterocycles. The summed E-state index contributed by atoms with van der Waals surface area (Å²) in [6.45, 7) is 0. The molecule has 0 bridgehead atoms. The van der Waals surface area contributed by atoms with Gasteiger partial charge in [-0.05, 0) is 11.6 Å². The summed E-state index contributed by atoms with van der Waals surface area (Å²) in [6.07, 6.45) is -10.4. The summed E-state index contributed by atoms with van der Waals surface area (Å²) >= 11 is 0. The van der Waals surface area contributed by atoms with Crippen molar-refractivity contribution >= 4 is 0 Å². The molecular formula is C9H7F5O. The van der Waals surface area contributed by atoms with Gasteiger partial charge in [0.1, 0.15) is 6.10 Å². The third-order valence-corrected chi connectivity index (χ3v) is 1.82. The molecule has 0 aliphatic heterocycles. The molecule has 6 heteroatoms. The number of alkyl halides is 5. The van der Waals surface area contributed by atoms with Crippen LogP contribution in [-0.4, -0.2) is 11.5 Å². The van der Waals surface area contributed by atoms with Crippen LogP contribution >= 0.6 is 0 Å². The fourth-order valence-corrected chi connectivity index (χ4v) is 1.15. The van der Waals surface area contributed by atoms with Crippen LogP contribution < -0.4 is 0 Å². The summed E-state index contributed by atoms with van der Waals surface area (Å²) in [4.78, 5) is 0. The van der Waals surface area contributed by atoms with Gasteiger partial charge in [0.05, 0.1) is 5.56 Å². The van der Waals surface area contributed by atoms with Crippen LogP contribution in [0.2, 0.25) is 0 Å². The number of aliphatic hydroxyl groups excluding tert-OH is 1. The largest absolute Gasteiger partial charge is 0.416 e. The number of aliphatic hydroxyl groups is 1. The molecule has 0 aliphatic rings. The third-order valence-electron chi connectivity index (χ3n) is 1.82. The first-order valence-electron chi connectivity index (χ1n) is 3.96. The lowest BCUT2D eigenvalue weighted by atomic mass is 10.0. The lowest BCUT2D eigenvalue weighted by Crippen LogP contribution is -2.16. The Bertz CT molecular complexity index is 334. The molecule has 1 rings (SSSR count). The second kappa shape index (κ2) is 4.14. The molecule has 0 amide bonds. The smallest absolute Gasteiger partial charge is 0.382 e. The zero-order valence-corrected chi connectivity index (χ0v) is 7.30. The van der Waals surface area contributed by atoms with E-state index in [9.17, 15) is 22.0 Å². The van der Waals surface area contributed by atoms with Crippen LogP contribution in [0.3, 0.4) is 0 Å². The highest BCUT2D eigenvalue weighted by atomic mass is 19.4. The van der Waals surface area contributed by atoms with Crippen molar-refractivity contribution in [3.05, 3.63) is 35.4 Å². The Balaban J connectivity index is 3.18. The van der Waals surface area contributed by atoms with Gasteiger partial charge in [0.25, 0.3) is 6.43 Å². The minimum Gasteiger partial charge on any atom is -0.382 e. The summed E-state index contributed by atoms with van der Waals surface area (Å²) in [5.74, 6) is 0. The van der Waals surface area contributed by atoms with Crippen molar-refractivity contribution in [1.82, 2.24) is 0 Å². The predicted molar refractivity (Wildman–Crippen MR) is 42.4 cm³/mol. The molecule has 0 saturated heterocycles. The molecule has 1 atom stereocenters. The normalized spacial score (nSPS) is 14.3. The van der Waals surface area contributed by atoms with Crippen LogP contribution in [0, 0.1) is 0 Å². The molecule has 0 spiro atoms. The van der Waals surface area contributed by atoms with Crippen molar-refractivity contribution in [3.63, 3.8) is 0 Å². The van der Waals surface area contributed by atoms with Gasteiger partial charge in [-0.1, -0.05) is 18.2 Å². The van der Waals surface area contributed by atoms with Crippen molar-refractivity contribution in [2.75, 3.05) is 0 Å². The zero-order chi connectivity index (χ0) is 11.6. The van der Waals surface area contributed by atoms with E-state index in [4.69, 9.17) is 5.11 Å². The fourth-order valence-electron chi connectivity index (χ4n) is 1.15. The van der Waals surface area contributed by atoms with Crippen molar-refractivity contribution in [3.8, 4) is 0 Å². The van der Waals surface area contributed by atoms with E-state index in [0.29, 0.717) is 6.07 Å². The van der Waals surface area contributed by atoms with Crippen LogP contribution in [0.15, 0.2) is 24.3 Å². The first-order valence-corrected chi connectivity index (χ1v) is 3.96. The number of halogens is 5. The second-order valence-corrected chi connectivity index (χ2v) is 2.86. The van der Waals surface area contributed by atoms with Gasteiger partial charge < -0.3 is 5.11 Å². The minimum atomic E-state index is -4.74. The maximum atomic E-state index is 12.3. The van der Waals surface area contributed by atoms with Gasteiger partial charge in [0.2, 0.25) is 0 Å². The van der Waals surface area contributed by atoms with Gasteiger partial charge in [-0.2, -0.15) is 13.2 Å². The maximum Gasteiger partial charge on any atom is 0.416 e. The monoisotopic (exact) mass is 226 g/mol. The Morgan fingerprint density at radius 3 is 2.07 bits per heavy atom. The number of hydrogen-bond donors (Lipinski definition) is 1. The molecule has 1 nitrogen and oxygen atoms in total. The topological polar surface area (TPSA) is 20.2 Å². The first kappa shape index (κ1) is 11.9. The van der Waals surface area contributed by atoms with Crippen LogP contribution in [0.25, 0.3) is 0 Å². The summed E-state index contributed by atoms with van der Waals surface area (Å²) in [6, 6.07) is 3.72. The molecule has 1 aromatic rings. The molecule has 0 radical (unpaired) electrons. The van der Waals surface area contributed by atoms with Crippen molar-refractivity contribution in [2.24, 2.45) is 0 Å². The average Bonchev–Trinajstić information content (AvgIpc) is 2.15. The van der Waals surface area contributed by atoms with E-state index in [2.05, 4.69) is 0 Å². The summed E-state index contributed by atoms with van der Waals surface area (Å²) in [5.41, 5.74) is -2.04. The quantitative estimate of drug-likeness (QED) is 0.768. The van der Waals surface area contributed by atoms with E-state index in [1.807, 2.05) is 0 Å². The van der Waals surface area contributed by atoms with Gasteiger partial charge in [0.15, 0.2) is 0 Å². The van der Waals surface area contributed by atoms with Gasteiger partial charge >= 0.3 is 6.18 Å². The van der Waals surface area contributed by atoms with Gasteiger partial charge in [-0.25, -0.2) is 8.78 Å². The highest BCUT2D eigenvalue weighted by molar-refractivity contribution is 5.31. The Morgan fingerprint density at radius 2 is 1.60 bits per heavy atom. The van der Waals surface area contributed by atoms with E-state index in [1.165, 1.54) is 0 Å². The van der Waals surface area contributed by atoms with Gasteiger partial charge in [0, 0.05) is 0 Å². The lowest BCUT2D eigenvalue weighted by molar-refractivity contribution is -0.140. The van der Waals surface area contributed by atoms with Crippen molar-refractivity contribution in [1.29, 1.82) is 0 Å². The second-order valence-electron chi connectivity index (χ2n) is 2.86. The van der Waals surface area contributed by atoms with Crippen LogP contribution in [-0.2, 0) is 6.18 Å². The first-order chi connectivity index (χ1) is 6.84. The SMILES string of the molecule is OC(c1ccccc1C(F)(F)F)C(F)F. The molecule has 84 valence electrons. The molecule has 15 heavy (non-hydrogen) atoms. The van der Waals surface area contributed by atoms with Gasteiger partial charge in [-0.3, -0.25) is 0 Å². The number of hydrogen-bond acceptors (Lipinski definition) is 1. The standard InChI is InChI=1S/C9H7F5O/c10-8(11)7(15)5-3-1-2-4-6(5)9(12,13)14/h1-4,7-8,15H. The van der Waals surface area contributed by atoms with Crippen molar-refractivity contribution in [2.45, 2.75) is 18.7 Å². The van der Waals surface area contributed by atoms with E-state index in [1.54, 1.807) is 0 Å². The minimum absolute atomic E-state index is 0.654. The van der Waals surface area contributed by atoms with Crippen LogP contribution in [0.1, 0.15) is 17.2 Å². The molecule has 1 N–H and O–H groups in total. The molecular weight excluding hydrogens is 219 g/mol. The highest BCUT2D eigenvalue weighted by Crippen LogP contribution is 2.35. The van der Waals surface area contributed by atoms with E-state index in [0.717, 1.165) is 18.2 Å². The Labute approximate surface area is 82.1 Å². The summed E-state index contributed by atoms with van der Waals surface area (Å²) in [5, 5.41) is 8.89. The lowest BCUT2D eigenvalue weighted by Gasteiger charge is -2.16. The molecule has 0 saturated carbocycles. The molecule has 1 unspecified atom stereocenters. The maximum absolute atomic E-state index is 12.3. The predicted octanol–water partition coefficient (Wildman–Crippen LogP) is 3.00. The Kier molecular flexibility index (Phi) is 3.28. The number of benzene rings is 1. The third kappa shape index (κ3) is 2.65. The van der Waals surface area contributed by atoms with Crippen LogP contribution in [0.4, 0.5) is 22.0 Å². The van der Waals surface area contributed by atoms with Crippen molar-refractivity contribution < 1.29 is 27.1 Å². The van der Waals surface area contributed by atoms with Crippen LogP contribution in [0.5, 0.6) is 0 Å². The Morgan fingerprint density at radius 1 is 1.07 bits per heavy atom. The highest BCUT2D eigenvalue weighted by Gasteiger charge is 2.36. The number of rotatable bonds is 2. The molecule has 0 aromatic heterocycles. The van der Waals surface area contributed by atoms with E-state index < -0.39 is 29.8 Å². The molecule has 0 aliphatic carbocycles. The average molecular weight is 226 g/mol. The fraction of sp³-hybridized carbons (Fsp3) is 0.333.